The Morgan fingerprint density at radius 3 is 2.39 bits per heavy atom. The van der Waals surface area contributed by atoms with Crippen molar-refractivity contribution in [2.75, 3.05) is 11.1 Å². The lowest BCUT2D eigenvalue weighted by Crippen LogP contribution is -1.99. The van der Waals surface area contributed by atoms with E-state index in [1.807, 2.05) is 24.3 Å². The van der Waals surface area contributed by atoms with Crippen LogP contribution < -0.4 is 11.1 Å². The molecule has 0 fully saturated rings. The first-order chi connectivity index (χ1) is 8.58. The molecule has 0 atom stereocenters. The zero-order valence-corrected chi connectivity index (χ0v) is 11.2. The molecule has 0 unspecified atom stereocenters. The first kappa shape index (κ1) is 12.5. The minimum Gasteiger partial charge on any atom is -0.397 e. The summed E-state index contributed by atoms with van der Waals surface area (Å²) in [5.74, 6) is 0.527. The molecule has 2 aromatic carbocycles. The topological polar surface area (TPSA) is 38.0 Å². The van der Waals surface area contributed by atoms with Crippen LogP contribution in [0.1, 0.15) is 30.9 Å². The van der Waals surface area contributed by atoms with Crippen LogP contribution in [0.3, 0.4) is 0 Å². The van der Waals surface area contributed by atoms with Crippen molar-refractivity contribution in [3.63, 3.8) is 0 Å². The third-order valence-corrected chi connectivity index (χ3v) is 3.16. The minimum atomic E-state index is 0.527. The van der Waals surface area contributed by atoms with Crippen LogP contribution in [0, 0.1) is 6.92 Å². The zero-order chi connectivity index (χ0) is 13.1. The Kier molecular flexibility index (Phi) is 3.56. The zero-order valence-electron chi connectivity index (χ0n) is 11.2. The number of aryl methyl sites for hydroxylation is 1. The Morgan fingerprint density at radius 2 is 1.72 bits per heavy atom. The molecule has 0 aromatic heterocycles. The lowest BCUT2D eigenvalue weighted by Gasteiger charge is -2.14. The van der Waals surface area contributed by atoms with Gasteiger partial charge in [0.05, 0.1) is 11.4 Å². The molecule has 0 aliphatic rings. The highest BCUT2D eigenvalue weighted by Crippen LogP contribution is 2.27. The summed E-state index contributed by atoms with van der Waals surface area (Å²) < 4.78 is 0. The van der Waals surface area contributed by atoms with Gasteiger partial charge in [-0.2, -0.15) is 0 Å². The van der Waals surface area contributed by atoms with E-state index in [9.17, 15) is 0 Å². The normalized spacial score (nSPS) is 10.7. The number of nitrogens with one attached hydrogen (secondary N) is 1. The van der Waals surface area contributed by atoms with E-state index in [2.05, 4.69) is 44.3 Å². The van der Waals surface area contributed by atoms with Crippen molar-refractivity contribution >= 4 is 17.1 Å². The van der Waals surface area contributed by atoms with Gasteiger partial charge in [0.1, 0.15) is 0 Å². The summed E-state index contributed by atoms with van der Waals surface area (Å²) in [7, 11) is 0. The molecule has 0 spiro atoms. The van der Waals surface area contributed by atoms with Crippen molar-refractivity contribution in [3.05, 3.63) is 53.6 Å². The molecule has 0 amide bonds. The maximum atomic E-state index is 5.95. The first-order valence-electron chi connectivity index (χ1n) is 6.30. The van der Waals surface area contributed by atoms with Gasteiger partial charge >= 0.3 is 0 Å². The van der Waals surface area contributed by atoms with Crippen LogP contribution in [0.15, 0.2) is 42.5 Å². The molecule has 3 N–H and O–H groups in total. The molecule has 2 nitrogen and oxygen atoms in total. The maximum Gasteiger partial charge on any atom is 0.0617 e. The van der Waals surface area contributed by atoms with Crippen LogP contribution in [-0.2, 0) is 0 Å². The summed E-state index contributed by atoms with van der Waals surface area (Å²) in [6.07, 6.45) is 0. The largest absolute Gasteiger partial charge is 0.397 e. The average molecular weight is 240 g/mol. The molecular weight excluding hydrogens is 220 g/mol. The number of nitrogen functional groups attached to an aromatic ring is 1. The lowest BCUT2D eigenvalue weighted by atomic mass is 10.0. The number of hydrogen-bond donors (Lipinski definition) is 2. The standard InChI is InChI=1S/C16H20N2/c1-11(2)13-9-8-12(3)16(10-13)18-15-7-5-4-6-14(15)17/h4-11,18H,17H2,1-3H3. The van der Waals surface area contributed by atoms with E-state index in [0.717, 1.165) is 17.1 Å². The van der Waals surface area contributed by atoms with Gasteiger partial charge in [-0.25, -0.2) is 0 Å². The summed E-state index contributed by atoms with van der Waals surface area (Å²) in [5.41, 5.74) is 11.4. The van der Waals surface area contributed by atoms with Crippen molar-refractivity contribution < 1.29 is 0 Å². The van der Waals surface area contributed by atoms with Gasteiger partial charge in [-0.3, -0.25) is 0 Å². The van der Waals surface area contributed by atoms with Gasteiger partial charge in [0.25, 0.3) is 0 Å². The molecule has 0 saturated carbocycles. The van der Waals surface area contributed by atoms with E-state index in [1.54, 1.807) is 0 Å². The maximum absolute atomic E-state index is 5.95. The predicted octanol–water partition coefficient (Wildman–Crippen LogP) is 4.44. The Labute approximate surface area is 109 Å². The molecule has 0 heterocycles. The van der Waals surface area contributed by atoms with Gasteiger partial charge in [-0.05, 0) is 42.2 Å². The second-order valence-electron chi connectivity index (χ2n) is 4.94. The van der Waals surface area contributed by atoms with Gasteiger partial charge in [0, 0.05) is 5.69 Å². The highest BCUT2D eigenvalue weighted by atomic mass is 14.9. The van der Waals surface area contributed by atoms with Crippen LogP contribution in [0.2, 0.25) is 0 Å². The Morgan fingerprint density at radius 1 is 1.00 bits per heavy atom. The highest BCUT2D eigenvalue weighted by molar-refractivity contribution is 5.74. The molecule has 0 aliphatic heterocycles. The number of nitrogens with two attached hydrogens (primary N) is 1. The second kappa shape index (κ2) is 5.13. The fraction of sp³-hybridized carbons (Fsp3) is 0.250. The fourth-order valence-electron chi connectivity index (χ4n) is 1.89. The van der Waals surface area contributed by atoms with E-state index >= 15 is 0 Å². The predicted molar refractivity (Wildman–Crippen MR) is 79.4 cm³/mol. The molecule has 2 aromatic rings. The van der Waals surface area contributed by atoms with E-state index in [4.69, 9.17) is 5.73 Å². The van der Waals surface area contributed by atoms with Gasteiger partial charge in [0.15, 0.2) is 0 Å². The van der Waals surface area contributed by atoms with Crippen molar-refractivity contribution in [2.24, 2.45) is 0 Å². The van der Waals surface area contributed by atoms with Crippen LogP contribution in [0.25, 0.3) is 0 Å². The van der Waals surface area contributed by atoms with Gasteiger partial charge in [-0.1, -0.05) is 38.1 Å². The van der Waals surface area contributed by atoms with Crippen molar-refractivity contribution in [3.8, 4) is 0 Å². The van der Waals surface area contributed by atoms with E-state index in [1.165, 1.54) is 11.1 Å². The van der Waals surface area contributed by atoms with Crippen LogP contribution >= 0.6 is 0 Å². The lowest BCUT2D eigenvalue weighted by molar-refractivity contribution is 0.866. The molecule has 2 heteroatoms. The number of anilines is 3. The number of benzene rings is 2. The van der Waals surface area contributed by atoms with Crippen molar-refractivity contribution in [1.82, 2.24) is 0 Å². The van der Waals surface area contributed by atoms with E-state index in [-0.39, 0.29) is 0 Å². The summed E-state index contributed by atoms with van der Waals surface area (Å²) in [5, 5.41) is 3.41. The SMILES string of the molecule is Cc1ccc(C(C)C)cc1Nc1ccccc1N. The molecule has 18 heavy (non-hydrogen) atoms. The van der Waals surface area contributed by atoms with E-state index < -0.39 is 0 Å². The molecule has 0 aliphatic carbocycles. The monoisotopic (exact) mass is 240 g/mol. The number of hydrogen-bond acceptors (Lipinski definition) is 2. The number of rotatable bonds is 3. The smallest absolute Gasteiger partial charge is 0.0617 e. The summed E-state index contributed by atoms with van der Waals surface area (Å²) in [4.78, 5) is 0. The second-order valence-corrected chi connectivity index (χ2v) is 4.94. The Balaban J connectivity index is 2.34. The first-order valence-corrected chi connectivity index (χ1v) is 6.30. The van der Waals surface area contributed by atoms with Crippen LogP contribution in [0.5, 0.6) is 0 Å². The minimum absolute atomic E-state index is 0.527. The Bertz CT molecular complexity index is 545. The quantitative estimate of drug-likeness (QED) is 0.778. The third-order valence-electron chi connectivity index (χ3n) is 3.16. The van der Waals surface area contributed by atoms with Gasteiger partial charge in [-0.15, -0.1) is 0 Å². The highest BCUT2D eigenvalue weighted by Gasteiger charge is 2.05. The van der Waals surface area contributed by atoms with E-state index in [0.29, 0.717) is 5.92 Å². The molecular formula is C16H20N2. The average Bonchev–Trinajstić information content (AvgIpc) is 2.34. The van der Waals surface area contributed by atoms with Gasteiger partial charge in [0.2, 0.25) is 0 Å². The van der Waals surface area contributed by atoms with Crippen LogP contribution in [0.4, 0.5) is 17.1 Å². The number of para-hydroxylation sites is 2. The van der Waals surface area contributed by atoms with Crippen molar-refractivity contribution in [1.29, 1.82) is 0 Å². The summed E-state index contributed by atoms with van der Waals surface area (Å²) in [6, 6.07) is 14.4. The third kappa shape index (κ3) is 2.65. The van der Waals surface area contributed by atoms with Crippen LogP contribution in [-0.4, -0.2) is 0 Å². The van der Waals surface area contributed by atoms with Gasteiger partial charge < -0.3 is 11.1 Å². The van der Waals surface area contributed by atoms with Crippen molar-refractivity contribution in [2.45, 2.75) is 26.7 Å². The molecule has 0 radical (unpaired) electrons. The fourth-order valence-corrected chi connectivity index (χ4v) is 1.89. The Hall–Kier alpha value is -1.96. The molecule has 0 bridgehead atoms. The molecule has 94 valence electrons. The summed E-state index contributed by atoms with van der Waals surface area (Å²) >= 11 is 0. The molecule has 0 saturated heterocycles. The molecule has 2 rings (SSSR count). The summed E-state index contributed by atoms with van der Waals surface area (Å²) in [6.45, 7) is 6.50.